The number of aromatic nitrogens is 2. The van der Waals surface area contributed by atoms with E-state index in [1.54, 1.807) is 0 Å². The summed E-state index contributed by atoms with van der Waals surface area (Å²) in [5.74, 6) is 2.46. The van der Waals surface area contributed by atoms with Gasteiger partial charge in [-0.15, -0.1) is 0 Å². The molecule has 0 aliphatic carbocycles. The van der Waals surface area contributed by atoms with Gasteiger partial charge in [0.1, 0.15) is 11.6 Å². The molecule has 6 nitrogen and oxygen atoms in total. The van der Waals surface area contributed by atoms with E-state index in [4.69, 9.17) is 14.7 Å². The molecule has 0 spiro atoms. The van der Waals surface area contributed by atoms with Gasteiger partial charge in [0.2, 0.25) is 5.95 Å². The lowest BCUT2D eigenvalue weighted by molar-refractivity contribution is 0.249. The maximum absolute atomic E-state index is 5.91. The van der Waals surface area contributed by atoms with Crippen LogP contribution in [0.5, 0.6) is 5.75 Å². The number of nitrogens with one attached hydrogen (secondary N) is 1. The third-order valence-corrected chi connectivity index (χ3v) is 5.54. The lowest BCUT2D eigenvalue weighted by atomic mass is 10.2. The first-order valence-corrected chi connectivity index (χ1v) is 11.4. The van der Waals surface area contributed by atoms with Gasteiger partial charge in [-0.3, -0.25) is 0 Å². The Kier molecular flexibility index (Phi) is 8.47. The summed E-state index contributed by atoms with van der Waals surface area (Å²) < 4.78 is 5.91. The molecule has 6 heteroatoms. The van der Waals surface area contributed by atoms with Crippen LogP contribution < -0.4 is 15.0 Å². The van der Waals surface area contributed by atoms with E-state index < -0.39 is 0 Å². The molecule has 166 valence electrons. The molecule has 0 bridgehead atoms. The van der Waals surface area contributed by atoms with Crippen molar-refractivity contribution in [3.05, 3.63) is 48.5 Å². The van der Waals surface area contributed by atoms with Crippen molar-refractivity contribution in [2.45, 2.75) is 34.1 Å². The zero-order valence-electron chi connectivity index (χ0n) is 19.3. The van der Waals surface area contributed by atoms with E-state index >= 15 is 0 Å². The molecule has 0 radical (unpaired) electrons. The molecule has 3 aromatic rings. The van der Waals surface area contributed by atoms with Crippen LogP contribution in [0.2, 0.25) is 0 Å². The molecule has 0 aliphatic rings. The average Bonchev–Trinajstić information content (AvgIpc) is 2.81. The van der Waals surface area contributed by atoms with Crippen LogP contribution in [0, 0.1) is 0 Å². The Bertz CT molecular complexity index is 936. The maximum atomic E-state index is 5.91. The van der Waals surface area contributed by atoms with Gasteiger partial charge in [0.05, 0.1) is 12.1 Å². The van der Waals surface area contributed by atoms with Gasteiger partial charge in [0, 0.05) is 30.7 Å². The summed E-state index contributed by atoms with van der Waals surface area (Å²) in [5, 5.41) is 4.48. The summed E-state index contributed by atoms with van der Waals surface area (Å²) in [6.07, 6.45) is 1.03. The highest BCUT2D eigenvalue weighted by molar-refractivity contribution is 5.91. The molecule has 2 aromatic carbocycles. The van der Waals surface area contributed by atoms with Gasteiger partial charge in [-0.2, -0.15) is 4.98 Å². The molecule has 0 amide bonds. The maximum Gasteiger partial charge on any atom is 0.227 e. The monoisotopic (exact) mass is 421 g/mol. The van der Waals surface area contributed by atoms with Crippen LogP contribution in [0.25, 0.3) is 10.9 Å². The SMILES string of the molecule is CCN(CC)CCCOc1ccc(Nc2nc(N(CC)CC)nc3ccccc23)cc1. The molecule has 0 saturated heterocycles. The third kappa shape index (κ3) is 6.07. The first kappa shape index (κ1) is 22.8. The molecule has 1 N–H and O–H groups in total. The van der Waals surface area contributed by atoms with Crippen LogP contribution in [0.1, 0.15) is 34.1 Å². The molecule has 1 heterocycles. The molecule has 0 fully saturated rings. The minimum absolute atomic E-state index is 0.729. The number of hydrogen-bond acceptors (Lipinski definition) is 6. The van der Waals surface area contributed by atoms with Crippen molar-refractivity contribution in [1.29, 1.82) is 0 Å². The number of rotatable bonds is 12. The van der Waals surface area contributed by atoms with Gasteiger partial charge in [0.25, 0.3) is 0 Å². The predicted molar refractivity (Wildman–Crippen MR) is 131 cm³/mol. The number of hydrogen-bond donors (Lipinski definition) is 1. The zero-order chi connectivity index (χ0) is 22.1. The summed E-state index contributed by atoms with van der Waals surface area (Å²) in [4.78, 5) is 14.1. The van der Waals surface area contributed by atoms with Crippen molar-refractivity contribution in [2.75, 3.05) is 49.5 Å². The van der Waals surface area contributed by atoms with E-state index in [1.165, 1.54) is 0 Å². The van der Waals surface area contributed by atoms with Crippen LogP contribution in [0.4, 0.5) is 17.5 Å². The fraction of sp³-hybridized carbons (Fsp3) is 0.440. The number of nitrogens with zero attached hydrogens (tertiary/aromatic N) is 4. The normalized spacial score (nSPS) is 11.1. The van der Waals surface area contributed by atoms with E-state index in [9.17, 15) is 0 Å². The average molecular weight is 422 g/mol. The smallest absolute Gasteiger partial charge is 0.227 e. The minimum Gasteiger partial charge on any atom is -0.494 e. The Morgan fingerprint density at radius 2 is 1.55 bits per heavy atom. The van der Waals surface area contributed by atoms with Crippen LogP contribution in [0.3, 0.4) is 0 Å². The summed E-state index contributed by atoms with van der Waals surface area (Å²) in [6.45, 7) is 14.4. The van der Waals surface area contributed by atoms with Gasteiger partial charge in [-0.25, -0.2) is 4.98 Å². The second-order valence-corrected chi connectivity index (χ2v) is 7.44. The van der Waals surface area contributed by atoms with E-state index in [2.05, 4.69) is 48.9 Å². The molecule has 1 aromatic heterocycles. The lowest BCUT2D eigenvalue weighted by Gasteiger charge is -2.20. The van der Waals surface area contributed by atoms with Crippen molar-refractivity contribution in [3.63, 3.8) is 0 Å². The molecule has 0 aliphatic heterocycles. The largest absolute Gasteiger partial charge is 0.494 e. The molecule has 0 unspecified atom stereocenters. The highest BCUT2D eigenvalue weighted by Gasteiger charge is 2.12. The Hall–Kier alpha value is -2.86. The van der Waals surface area contributed by atoms with Crippen LogP contribution in [0.15, 0.2) is 48.5 Å². The zero-order valence-corrected chi connectivity index (χ0v) is 19.3. The molecule has 0 atom stereocenters. The van der Waals surface area contributed by atoms with Gasteiger partial charge in [-0.05, 0) is 69.8 Å². The number of para-hydroxylation sites is 1. The number of fused-ring (bicyclic) bond motifs is 1. The van der Waals surface area contributed by atoms with Crippen molar-refractivity contribution in [3.8, 4) is 5.75 Å². The summed E-state index contributed by atoms with van der Waals surface area (Å²) in [6, 6.07) is 16.2. The predicted octanol–water partition coefficient (Wildman–Crippen LogP) is 5.33. The minimum atomic E-state index is 0.729. The number of benzene rings is 2. The molecular formula is C25H35N5O. The highest BCUT2D eigenvalue weighted by Crippen LogP contribution is 2.27. The first-order valence-electron chi connectivity index (χ1n) is 11.4. The van der Waals surface area contributed by atoms with Crippen molar-refractivity contribution in [2.24, 2.45) is 0 Å². The van der Waals surface area contributed by atoms with Gasteiger partial charge in [0.15, 0.2) is 0 Å². The van der Waals surface area contributed by atoms with Crippen LogP contribution >= 0.6 is 0 Å². The quantitative estimate of drug-likeness (QED) is 0.399. The number of ether oxygens (including phenoxy) is 1. The fourth-order valence-corrected chi connectivity index (χ4v) is 3.60. The van der Waals surface area contributed by atoms with Gasteiger partial charge in [-0.1, -0.05) is 26.0 Å². The fourth-order valence-electron chi connectivity index (χ4n) is 3.60. The van der Waals surface area contributed by atoms with Crippen molar-refractivity contribution < 1.29 is 4.74 Å². The Balaban J connectivity index is 1.69. The van der Waals surface area contributed by atoms with Crippen molar-refractivity contribution >= 4 is 28.4 Å². The lowest BCUT2D eigenvalue weighted by Crippen LogP contribution is -2.25. The highest BCUT2D eigenvalue weighted by atomic mass is 16.5. The summed E-state index contributed by atoms with van der Waals surface area (Å²) in [7, 11) is 0. The topological polar surface area (TPSA) is 53.5 Å². The van der Waals surface area contributed by atoms with Gasteiger partial charge < -0.3 is 19.9 Å². The van der Waals surface area contributed by atoms with Crippen molar-refractivity contribution in [1.82, 2.24) is 14.9 Å². The van der Waals surface area contributed by atoms with E-state index in [1.807, 2.05) is 42.5 Å². The standard InChI is InChI=1S/C25H35N5O/c1-5-29(6-2)18-11-19-31-21-16-14-20(15-17-21)26-24-22-12-9-10-13-23(22)27-25(28-24)30(7-3)8-4/h9-10,12-17H,5-8,11,18-19H2,1-4H3,(H,26,27,28). The third-order valence-electron chi connectivity index (χ3n) is 5.54. The number of anilines is 3. The molecule has 3 rings (SSSR count). The summed E-state index contributed by atoms with van der Waals surface area (Å²) >= 11 is 0. The van der Waals surface area contributed by atoms with Gasteiger partial charge >= 0.3 is 0 Å². The Morgan fingerprint density at radius 3 is 2.23 bits per heavy atom. The van der Waals surface area contributed by atoms with Crippen LogP contribution in [-0.2, 0) is 0 Å². The van der Waals surface area contributed by atoms with Crippen LogP contribution in [-0.4, -0.2) is 54.2 Å². The second-order valence-electron chi connectivity index (χ2n) is 7.44. The molecule has 31 heavy (non-hydrogen) atoms. The summed E-state index contributed by atoms with van der Waals surface area (Å²) in [5.41, 5.74) is 1.92. The molecule has 0 saturated carbocycles. The van der Waals surface area contributed by atoms with E-state index in [0.717, 1.165) is 79.9 Å². The molecular weight excluding hydrogens is 386 g/mol. The Morgan fingerprint density at radius 1 is 0.839 bits per heavy atom. The second kappa shape index (κ2) is 11.5. The van der Waals surface area contributed by atoms with E-state index in [-0.39, 0.29) is 0 Å². The first-order chi connectivity index (χ1) is 15.2. The Labute approximate surface area is 186 Å². The van der Waals surface area contributed by atoms with E-state index in [0.29, 0.717) is 0 Å².